The lowest BCUT2D eigenvalue weighted by molar-refractivity contribution is -0.115. The molecule has 0 saturated carbocycles. The number of thioether (sulfide) groups is 1. The molecule has 1 saturated heterocycles. The minimum atomic E-state index is -0.370. The van der Waals surface area contributed by atoms with Crippen molar-refractivity contribution in [2.45, 2.75) is 6.61 Å². The first-order valence-electron chi connectivity index (χ1n) is 6.93. The number of benzene rings is 2. The van der Waals surface area contributed by atoms with Gasteiger partial charge in [-0.15, -0.1) is 0 Å². The summed E-state index contributed by atoms with van der Waals surface area (Å²) in [5.41, 5.74) is 1.72. The molecule has 2 aromatic carbocycles. The highest BCUT2D eigenvalue weighted by Gasteiger charge is 2.24. The minimum Gasteiger partial charge on any atom is -0.489 e. The molecule has 1 aliphatic rings. The molecular weight excluding hydrogens is 369 g/mol. The van der Waals surface area contributed by atoms with Crippen LogP contribution >= 0.6 is 35.0 Å². The third kappa shape index (κ3) is 4.12. The molecule has 1 N–H and O–H groups in total. The summed E-state index contributed by atoms with van der Waals surface area (Å²) in [4.78, 5) is 23.0. The number of imide groups is 1. The molecule has 0 unspecified atom stereocenters. The van der Waals surface area contributed by atoms with Gasteiger partial charge in [0.2, 0.25) is 0 Å². The van der Waals surface area contributed by atoms with E-state index < -0.39 is 0 Å². The third-order valence-corrected chi connectivity index (χ3v) is 4.76. The number of halogens is 2. The Balaban J connectivity index is 1.64. The second-order valence-corrected chi connectivity index (χ2v) is 6.79. The lowest BCUT2D eigenvalue weighted by Crippen LogP contribution is -2.17. The van der Waals surface area contributed by atoms with Gasteiger partial charge in [0, 0.05) is 0 Å². The van der Waals surface area contributed by atoms with Crippen LogP contribution in [-0.4, -0.2) is 11.1 Å². The Bertz CT molecular complexity index is 834. The molecule has 0 radical (unpaired) electrons. The van der Waals surface area contributed by atoms with Gasteiger partial charge in [0.15, 0.2) is 0 Å². The molecule has 4 nitrogen and oxygen atoms in total. The molecular formula is C17H11Cl2NO3S. The van der Waals surface area contributed by atoms with E-state index in [1.54, 1.807) is 30.3 Å². The van der Waals surface area contributed by atoms with Crippen molar-refractivity contribution in [2.75, 3.05) is 0 Å². The van der Waals surface area contributed by atoms with Crippen molar-refractivity contribution >= 4 is 52.2 Å². The van der Waals surface area contributed by atoms with Gasteiger partial charge in [-0.05, 0) is 53.2 Å². The fourth-order valence-corrected chi connectivity index (χ4v) is 3.03. The van der Waals surface area contributed by atoms with Gasteiger partial charge >= 0.3 is 0 Å². The van der Waals surface area contributed by atoms with Crippen LogP contribution in [0.25, 0.3) is 6.08 Å². The summed E-state index contributed by atoms with van der Waals surface area (Å²) in [5.74, 6) is 0.313. The predicted octanol–water partition coefficient (Wildman–Crippen LogP) is 4.90. The fraction of sp³-hybridized carbons (Fsp3) is 0.0588. The molecule has 0 aliphatic carbocycles. The van der Waals surface area contributed by atoms with Crippen molar-refractivity contribution in [2.24, 2.45) is 0 Å². The van der Waals surface area contributed by atoms with Crippen molar-refractivity contribution < 1.29 is 14.3 Å². The van der Waals surface area contributed by atoms with Crippen LogP contribution in [0.4, 0.5) is 4.79 Å². The first kappa shape index (κ1) is 16.9. The molecule has 0 bridgehead atoms. The normalized spacial score (nSPS) is 15.7. The van der Waals surface area contributed by atoms with E-state index in [1.165, 1.54) is 0 Å². The molecule has 0 spiro atoms. The molecule has 3 rings (SSSR count). The number of hydrogen-bond donors (Lipinski definition) is 1. The standard InChI is InChI=1S/C17H11Cl2NO3S/c18-13-6-3-11(7-14(13)19)9-23-12-4-1-10(2-5-12)8-15-16(21)20-17(22)24-15/h1-8H,9H2,(H,20,21,22). The van der Waals surface area contributed by atoms with Crippen molar-refractivity contribution in [1.29, 1.82) is 0 Å². The summed E-state index contributed by atoms with van der Waals surface area (Å²) in [7, 11) is 0. The molecule has 0 aromatic heterocycles. The fourth-order valence-electron chi connectivity index (χ4n) is 2.03. The lowest BCUT2D eigenvalue weighted by Gasteiger charge is -2.07. The van der Waals surface area contributed by atoms with E-state index in [0.717, 1.165) is 22.9 Å². The first-order chi connectivity index (χ1) is 11.5. The van der Waals surface area contributed by atoms with E-state index in [2.05, 4.69) is 5.32 Å². The van der Waals surface area contributed by atoms with Gasteiger partial charge in [0.25, 0.3) is 11.1 Å². The van der Waals surface area contributed by atoms with Crippen molar-refractivity contribution in [1.82, 2.24) is 5.32 Å². The SMILES string of the molecule is O=C1NC(=O)C(=Cc2ccc(OCc3ccc(Cl)c(Cl)c3)cc2)S1. The zero-order chi connectivity index (χ0) is 17.1. The Hall–Kier alpha value is -1.95. The maximum Gasteiger partial charge on any atom is 0.290 e. The maximum atomic E-state index is 11.5. The van der Waals surface area contributed by atoms with Crippen LogP contribution in [0.3, 0.4) is 0 Å². The zero-order valence-electron chi connectivity index (χ0n) is 12.2. The Kier molecular flexibility index (Phi) is 5.14. The summed E-state index contributed by atoms with van der Waals surface area (Å²) < 4.78 is 5.69. The first-order valence-corrected chi connectivity index (χ1v) is 8.50. The Morgan fingerprint density at radius 1 is 1.04 bits per heavy atom. The summed E-state index contributed by atoms with van der Waals surface area (Å²) in [6.07, 6.45) is 1.66. The molecule has 1 aliphatic heterocycles. The largest absolute Gasteiger partial charge is 0.489 e. The van der Waals surface area contributed by atoms with E-state index in [0.29, 0.717) is 27.3 Å². The molecule has 2 amide bonds. The average Bonchev–Trinajstić information content (AvgIpc) is 2.87. The Morgan fingerprint density at radius 2 is 1.79 bits per heavy atom. The van der Waals surface area contributed by atoms with Crippen molar-refractivity contribution in [3.05, 3.63) is 68.5 Å². The predicted molar refractivity (Wildman–Crippen MR) is 96.3 cm³/mol. The number of amides is 2. The van der Waals surface area contributed by atoms with Gasteiger partial charge < -0.3 is 4.74 Å². The highest BCUT2D eigenvalue weighted by Crippen LogP contribution is 2.26. The Morgan fingerprint density at radius 3 is 2.42 bits per heavy atom. The molecule has 0 atom stereocenters. The van der Waals surface area contributed by atoms with Crippen LogP contribution in [0.15, 0.2) is 47.4 Å². The van der Waals surface area contributed by atoms with Crippen LogP contribution in [-0.2, 0) is 11.4 Å². The van der Waals surface area contributed by atoms with Gasteiger partial charge in [0.05, 0.1) is 15.0 Å². The van der Waals surface area contributed by atoms with E-state index in [1.807, 2.05) is 18.2 Å². The van der Waals surface area contributed by atoms with Gasteiger partial charge in [0.1, 0.15) is 12.4 Å². The molecule has 7 heteroatoms. The minimum absolute atomic E-state index is 0.354. The molecule has 24 heavy (non-hydrogen) atoms. The number of nitrogens with one attached hydrogen (secondary N) is 1. The molecule has 2 aromatic rings. The van der Waals surface area contributed by atoms with E-state index in [4.69, 9.17) is 27.9 Å². The van der Waals surface area contributed by atoms with Gasteiger partial charge in [-0.3, -0.25) is 14.9 Å². The number of hydrogen-bond acceptors (Lipinski definition) is 4. The second-order valence-electron chi connectivity index (χ2n) is 4.96. The molecule has 122 valence electrons. The highest BCUT2D eigenvalue weighted by atomic mass is 35.5. The molecule has 1 fully saturated rings. The van der Waals surface area contributed by atoms with E-state index >= 15 is 0 Å². The smallest absolute Gasteiger partial charge is 0.290 e. The van der Waals surface area contributed by atoms with Crippen molar-refractivity contribution in [3.8, 4) is 5.75 Å². The lowest BCUT2D eigenvalue weighted by atomic mass is 10.2. The average molecular weight is 380 g/mol. The number of ether oxygens (including phenoxy) is 1. The van der Waals surface area contributed by atoms with Crippen LogP contribution in [0, 0.1) is 0 Å². The third-order valence-electron chi connectivity index (χ3n) is 3.21. The Labute approximate surface area is 152 Å². The summed E-state index contributed by atoms with van der Waals surface area (Å²) >= 11 is 12.7. The van der Waals surface area contributed by atoms with Crippen LogP contribution in [0.2, 0.25) is 10.0 Å². The summed E-state index contributed by atoms with van der Waals surface area (Å²) in [6, 6.07) is 12.5. The second kappa shape index (κ2) is 7.30. The zero-order valence-corrected chi connectivity index (χ0v) is 14.5. The van der Waals surface area contributed by atoms with E-state index in [9.17, 15) is 9.59 Å². The van der Waals surface area contributed by atoms with Gasteiger partial charge in [-0.1, -0.05) is 41.4 Å². The topological polar surface area (TPSA) is 55.4 Å². The summed E-state index contributed by atoms with van der Waals surface area (Å²) in [5, 5.41) is 2.86. The van der Waals surface area contributed by atoms with Crippen LogP contribution in [0.5, 0.6) is 5.75 Å². The van der Waals surface area contributed by atoms with Crippen LogP contribution in [0.1, 0.15) is 11.1 Å². The number of carbonyl (C=O) groups is 2. The number of carbonyl (C=O) groups excluding carboxylic acids is 2. The highest BCUT2D eigenvalue weighted by molar-refractivity contribution is 8.18. The van der Waals surface area contributed by atoms with Gasteiger partial charge in [-0.25, -0.2) is 0 Å². The maximum absolute atomic E-state index is 11.5. The summed E-state index contributed by atoms with van der Waals surface area (Å²) in [6.45, 7) is 0.365. The van der Waals surface area contributed by atoms with Gasteiger partial charge in [-0.2, -0.15) is 0 Å². The van der Waals surface area contributed by atoms with Crippen LogP contribution < -0.4 is 10.1 Å². The van der Waals surface area contributed by atoms with Crippen molar-refractivity contribution in [3.63, 3.8) is 0 Å². The van der Waals surface area contributed by atoms with E-state index in [-0.39, 0.29) is 11.1 Å². The molecule has 1 heterocycles. The quantitative estimate of drug-likeness (QED) is 0.767. The monoisotopic (exact) mass is 379 g/mol. The number of rotatable bonds is 4.